The maximum Gasteiger partial charge on any atom is 0.228 e. The second-order valence-corrected chi connectivity index (χ2v) is 5.99. The first kappa shape index (κ1) is 16.0. The van der Waals surface area contributed by atoms with Gasteiger partial charge in [0.25, 0.3) is 0 Å². The van der Waals surface area contributed by atoms with Crippen LogP contribution in [0.1, 0.15) is 23.5 Å². The summed E-state index contributed by atoms with van der Waals surface area (Å²) in [5, 5.41) is 5.75. The van der Waals surface area contributed by atoms with Crippen molar-refractivity contribution in [3.63, 3.8) is 0 Å². The predicted molar refractivity (Wildman–Crippen MR) is 92.8 cm³/mol. The Hall–Kier alpha value is -2.89. The summed E-state index contributed by atoms with van der Waals surface area (Å²) in [7, 11) is 3.82. The number of aromatic nitrogens is 1. The van der Waals surface area contributed by atoms with Crippen LogP contribution in [0.25, 0.3) is 0 Å². The molecule has 6 heteroatoms. The first-order valence-corrected chi connectivity index (χ1v) is 7.84. The number of rotatable bonds is 4. The van der Waals surface area contributed by atoms with Gasteiger partial charge in [-0.05, 0) is 17.7 Å². The summed E-state index contributed by atoms with van der Waals surface area (Å²) in [6.07, 6.45) is 1.89. The molecule has 0 fully saturated rings. The Bertz CT molecular complexity index is 773. The monoisotopic (exact) mass is 324 g/mol. The average Bonchev–Trinajstić information content (AvgIpc) is 2.59. The quantitative estimate of drug-likeness (QED) is 0.901. The van der Waals surface area contributed by atoms with Crippen LogP contribution >= 0.6 is 0 Å². The molecule has 2 aromatic rings. The van der Waals surface area contributed by atoms with Crippen LogP contribution in [0.15, 0.2) is 42.6 Å². The van der Waals surface area contributed by atoms with E-state index < -0.39 is 5.92 Å². The molecule has 0 spiro atoms. The molecule has 0 saturated carbocycles. The van der Waals surface area contributed by atoms with E-state index in [-0.39, 0.29) is 18.2 Å². The smallest absolute Gasteiger partial charge is 0.228 e. The lowest BCUT2D eigenvalue weighted by Crippen LogP contribution is -2.35. The van der Waals surface area contributed by atoms with E-state index in [0.29, 0.717) is 12.2 Å². The predicted octanol–water partition coefficient (Wildman–Crippen LogP) is 1.89. The molecular formula is C18H20N4O2. The molecule has 0 radical (unpaired) electrons. The van der Waals surface area contributed by atoms with Crippen molar-refractivity contribution in [1.29, 1.82) is 0 Å². The molecule has 124 valence electrons. The van der Waals surface area contributed by atoms with Gasteiger partial charge in [-0.1, -0.05) is 24.3 Å². The minimum Gasteiger partial charge on any atom is -0.362 e. The lowest BCUT2D eigenvalue weighted by molar-refractivity contribution is -0.126. The number of hydrogen-bond acceptors (Lipinski definition) is 4. The van der Waals surface area contributed by atoms with E-state index >= 15 is 0 Å². The number of benzene rings is 1. The summed E-state index contributed by atoms with van der Waals surface area (Å²) < 4.78 is 0. The van der Waals surface area contributed by atoms with Gasteiger partial charge in [-0.2, -0.15) is 0 Å². The Balaban J connectivity index is 1.76. The normalized spacial score (nSPS) is 16.1. The molecule has 1 atom stereocenters. The average molecular weight is 324 g/mol. The Morgan fingerprint density at radius 3 is 2.88 bits per heavy atom. The summed E-state index contributed by atoms with van der Waals surface area (Å²) in [5.41, 5.74) is 2.50. The van der Waals surface area contributed by atoms with Crippen LogP contribution in [-0.2, 0) is 16.1 Å². The molecule has 3 rings (SSSR count). The molecule has 0 aliphatic carbocycles. The van der Waals surface area contributed by atoms with Crippen molar-refractivity contribution in [2.24, 2.45) is 0 Å². The summed E-state index contributed by atoms with van der Waals surface area (Å²) in [6, 6.07) is 11.2. The molecule has 2 N–H and O–H groups in total. The highest BCUT2D eigenvalue weighted by molar-refractivity contribution is 6.01. The third-order valence-electron chi connectivity index (χ3n) is 4.06. The van der Waals surface area contributed by atoms with E-state index in [0.717, 1.165) is 16.9 Å². The van der Waals surface area contributed by atoms with Gasteiger partial charge in [0, 0.05) is 44.5 Å². The van der Waals surface area contributed by atoms with Gasteiger partial charge in [-0.3, -0.25) is 9.59 Å². The number of hydrogen-bond donors (Lipinski definition) is 2. The number of para-hydroxylation sites is 1. The zero-order chi connectivity index (χ0) is 17.1. The van der Waals surface area contributed by atoms with E-state index in [1.807, 2.05) is 55.4 Å². The minimum atomic E-state index is -0.463. The van der Waals surface area contributed by atoms with Gasteiger partial charge in [0.05, 0.1) is 5.92 Å². The van der Waals surface area contributed by atoms with Gasteiger partial charge in [0.2, 0.25) is 11.8 Å². The second kappa shape index (κ2) is 6.70. The minimum absolute atomic E-state index is 0.135. The maximum atomic E-state index is 12.6. The fourth-order valence-electron chi connectivity index (χ4n) is 2.92. The molecule has 2 heterocycles. The van der Waals surface area contributed by atoms with Crippen LogP contribution in [0.5, 0.6) is 0 Å². The Morgan fingerprint density at radius 2 is 2.08 bits per heavy atom. The number of fused-ring (bicyclic) bond motifs is 1. The summed E-state index contributed by atoms with van der Waals surface area (Å²) in [6.45, 7) is 0.375. The van der Waals surface area contributed by atoms with Crippen molar-refractivity contribution in [1.82, 2.24) is 10.3 Å². The van der Waals surface area contributed by atoms with Gasteiger partial charge in [0.1, 0.15) is 5.82 Å². The molecule has 1 aromatic carbocycles. The number of anilines is 2. The van der Waals surface area contributed by atoms with Gasteiger partial charge < -0.3 is 15.5 Å². The fraction of sp³-hybridized carbons (Fsp3) is 0.278. The number of nitrogens with zero attached hydrogens (tertiary/aromatic N) is 2. The van der Waals surface area contributed by atoms with E-state index in [4.69, 9.17) is 0 Å². The molecule has 1 unspecified atom stereocenters. The van der Waals surface area contributed by atoms with Crippen molar-refractivity contribution in [3.8, 4) is 0 Å². The first-order chi connectivity index (χ1) is 11.6. The number of carbonyl (C=O) groups excluding carboxylic acids is 2. The SMILES string of the molecule is CN(C)c1ncccc1CNC(=O)C1CC(=O)Nc2ccccc21. The Morgan fingerprint density at radius 1 is 1.29 bits per heavy atom. The van der Waals surface area contributed by atoms with Crippen LogP contribution in [0.2, 0.25) is 0 Å². The molecule has 2 amide bonds. The van der Waals surface area contributed by atoms with Crippen LogP contribution in [0.3, 0.4) is 0 Å². The van der Waals surface area contributed by atoms with Gasteiger partial charge in [-0.25, -0.2) is 4.98 Å². The van der Waals surface area contributed by atoms with Gasteiger partial charge in [-0.15, -0.1) is 0 Å². The first-order valence-electron chi connectivity index (χ1n) is 7.84. The Kier molecular flexibility index (Phi) is 4.46. The maximum absolute atomic E-state index is 12.6. The highest BCUT2D eigenvalue weighted by atomic mass is 16.2. The van der Waals surface area contributed by atoms with Crippen LogP contribution in [0, 0.1) is 0 Å². The van der Waals surface area contributed by atoms with E-state index in [2.05, 4.69) is 15.6 Å². The molecule has 1 aromatic heterocycles. The lowest BCUT2D eigenvalue weighted by atomic mass is 9.90. The molecule has 1 aliphatic heterocycles. The van der Waals surface area contributed by atoms with Crippen molar-refractivity contribution in [3.05, 3.63) is 53.7 Å². The van der Waals surface area contributed by atoms with Crippen molar-refractivity contribution in [2.75, 3.05) is 24.3 Å². The summed E-state index contributed by atoms with van der Waals surface area (Å²) in [5.74, 6) is 0.0732. The van der Waals surface area contributed by atoms with Crippen molar-refractivity contribution < 1.29 is 9.59 Å². The lowest BCUT2D eigenvalue weighted by Gasteiger charge is -2.25. The molecule has 0 saturated heterocycles. The molecule has 0 bridgehead atoms. The zero-order valence-electron chi connectivity index (χ0n) is 13.7. The highest BCUT2D eigenvalue weighted by Gasteiger charge is 2.30. The summed E-state index contributed by atoms with van der Waals surface area (Å²) >= 11 is 0. The summed E-state index contributed by atoms with van der Waals surface area (Å²) in [4.78, 5) is 30.7. The van der Waals surface area contributed by atoms with Crippen molar-refractivity contribution >= 4 is 23.3 Å². The molecule has 1 aliphatic rings. The zero-order valence-corrected chi connectivity index (χ0v) is 13.7. The fourth-order valence-corrected chi connectivity index (χ4v) is 2.92. The number of nitrogens with one attached hydrogen (secondary N) is 2. The van der Waals surface area contributed by atoms with Crippen molar-refractivity contribution in [2.45, 2.75) is 18.9 Å². The third kappa shape index (κ3) is 3.22. The van der Waals surface area contributed by atoms with Crippen LogP contribution in [-0.4, -0.2) is 30.9 Å². The van der Waals surface area contributed by atoms with E-state index in [1.54, 1.807) is 6.20 Å². The van der Waals surface area contributed by atoms with Crippen LogP contribution in [0.4, 0.5) is 11.5 Å². The molecular weight excluding hydrogens is 304 g/mol. The van der Waals surface area contributed by atoms with Crippen LogP contribution < -0.4 is 15.5 Å². The Labute approximate surface area is 140 Å². The third-order valence-corrected chi connectivity index (χ3v) is 4.06. The number of pyridine rings is 1. The van der Waals surface area contributed by atoms with Gasteiger partial charge in [0.15, 0.2) is 0 Å². The van der Waals surface area contributed by atoms with E-state index in [9.17, 15) is 9.59 Å². The highest BCUT2D eigenvalue weighted by Crippen LogP contribution is 2.32. The van der Waals surface area contributed by atoms with Gasteiger partial charge >= 0.3 is 0 Å². The largest absolute Gasteiger partial charge is 0.362 e. The standard InChI is InChI=1S/C18H20N4O2/c1-22(2)17-12(6-5-9-19-17)11-20-18(24)14-10-16(23)21-15-8-4-3-7-13(14)15/h3-9,14H,10-11H2,1-2H3,(H,20,24)(H,21,23). The molecule has 6 nitrogen and oxygen atoms in total. The topological polar surface area (TPSA) is 74.3 Å². The number of carbonyl (C=O) groups is 2. The number of amides is 2. The molecule has 24 heavy (non-hydrogen) atoms. The second-order valence-electron chi connectivity index (χ2n) is 5.99. The van der Waals surface area contributed by atoms with E-state index in [1.165, 1.54) is 0 Å².